The zero-order valence-electron chi connectivity index (χ0n) is 18.4. The van der Waals surface area contributed by atoms with Crippen LogP contribution in [-0.4, -0.2) is 63.7 Å². The number of ether oxygens (including phenoxy) is 1. The Kier molecular flexibility index (Phi) is 6.62. The zero-order chi connectivity index (χ0) is 23.1. The molecule has 1 aromatic carbocycles. The summed E-state index contributed by atoms with van der Waals surface area (Å²) in [5.41, 5.74) is 0.331. The van der Waals surface area contributed by atoms with Gasteiger partial charge in [0.2, 0.25) is 5.91 Å². The Morgan fingerprint density at radius 3 is 2.16 bits per heavy atom. The molecule has 170 valence electrons. The molecule has 31 heavy (non-hydrogen) atoms. The van der Waals surface area contributed by atoms with Gasteiger partial charge in [0, 0.05) is 33.2 Å². The average Bonchev–Trinajstić information content (AvgIpc) is 2.92. The van der Waals surface area contributed by atoms with Crippen molar-refractivity contribution < 1.29 is 14.3 Å². The third-order valence-electron chi connectivity index (χ3n) is 5.28. The van der Waals surface area contributed by atoms with Gasteiger partial charge in [-0.15, -0.1) is 0 Å². The van der Waals surface area contributed by atoms with E-state index in [2.05, 4.69) is 0 Å². The summed E-state index contributed by atoms with van der Waals surface area (Å²) in [7, 11) is 3.28. The number of rotatable bonds is 3. The molecule has 3 rings (SSSR count). The fourth-order valence-corrected chi connectivity index (χ4v) is 4.00. The Morgan fingerprint density at radius 1 is 1.10 bits per heavy atom. The molecule has 0 saturated carbocycles. The monoisotopic (exact) mass is 470 g/mol. The average molecular weight is 471 g/mol. The third kappa shape index (κ3) is 5.01. The summed E-state index contributed by atoms with van der Waals surface area (Å²) < 4.78 is 8.56. The summed E-state index contributed by atoms with van der Waals surface area (Å²) in [6, 6.07) is 3.15. The molecule has 2 heterocycles. The largest absolute Gasteiger partial charge is 0.444 e. The van der Waals surface area contributed by atoms with E-state index in [1.807, 2.05) is 20.8 Å². The van der Waals surface area contributed by atoms with Crippen molar-refractivity contribution in [3.8, 4) is 0 Å². The van der Waals surface area contributed by atoms with Gasteiger partial charge in [0.05, 0.1) is 21.1 Å². The molecule has 1 saturated heterocycles. The van der Waals surface area contributed by atoms with Crippen molar-refractivity contribution in [3.63, 3.8) is 0 Å². The van der Waals surface area contributed by atoms with Gasteiger partial charge in [-0.1, -0.05) is 23.2 Å². The van der Waals surface area contributed by atoms with Gasteiger partial charge in [-0.05, 0) is 45.7 Å². The zero-order valence-corrected chi connectivity index (χ0v) is 20.0. The number of aromatic nitrogens is 2. The molecule has 0 bridgehead atoms. The van der Waals surface area contributed by atoms with E-state index >= 15 is 0 Å². The molecular formula is C21H28Cl2N4O4. The number of halogens is 2. The molecule has 0 unspecified atom stereocenters. The lowest BCUT2D eigenvalue weighted by Crippen LogP contribution is -2.43. The fraction of sp³-hybridized carbons (Fsp3) is 0.571. The maximum Gasteiger partial charge on any atom is 0.410 e. The van der Waals surface area contributed by atoms with Crippen LogP contribution in [0.4, 0.5) is 4.79 Å². The molecule has 0 N–H and O–H groups in total. The molecule has 0 radical (unpaired) electrons. The molecule has 1 aliphatic rings. The summed E-state index contributed by atoms with van der Waals surface area (Å²) in [6.07, 6.45) is 0.812. The summed E-state index contributed by atoms with van der Waals surface area (Å²) in [4.78, 5) is 41.1. The van der Waals surface area contributed by atoms with Gasteiger partial charge in [-0.25, -0.2) is 9.59 Å². The highest BCUT2D eigenvalue weighted by Crippen LogP contribution is 2.31. The molecule has 0 aliphatic carbocycles. The maximum atomic E-state index is 13.3. The molecule has 1 aliphatic heterocycles. The molecular weight excluding hydrogens is 443 g/mol. The number of carbonyl (C=O) groups is 2. The molecule has 1 aromatic heterocycles. The van der Waals surface area contributed by atoms with Crippen LogP contribution in [0, 0.1) is 0 Å². The first kappa shape index (κ1) is 23.5. The number of benzene rings is 1. The van der Waals surface area contributed by atoms with Crippen molar-refractivity contribution in [2.45, 2.75) is 51.8 Å². The topological polar surface area (TPSA) is 76.8 Å². The lowest BCUT2D eigenvalue weighted by molar-refractivity contribution is -0.129. The number of nitrogens with zero attached hydrogens (tertiary/aromatic N) is 4. The van der Waals surface area contributed by atoms with Crippen molar-refractivity contribution in [2.24, 2.45) is 0 Å². The van der Waals surface area contributed by atoms with Crippen LogP contribution in [0.5, 0.6) is 0 Å². The quantitative estimate of drug-likeness (QED) is 0.683. The SMILES string of the molecule is CN(C)C(=O)Cn1c(=O)n(C2CCN(C(=O)OC(C)(C)C)CC2)c2cc(Cl)c(Cl)cc21. The van der Waals surface area contributed by atoms with Crippen molar-refractivity contribution in [1.29, 1.82) is 0 Å². The van der Waals surface area contributed by atoms with E-state index in [0.29, 0.717) is 47.0 Å². The van der Waals surface area contributed by atoms with Crippen LogP contribution in [0.15, 0.2) is 16.9 Å². The number of likely N-dealkylation sites (tertiary alicyclic amines) is 1. The van der Waals surface area contributed by atoms with Crippen molar-refractivity contribution in [2.75, 3.05) is 27.2 Å². The third-order valence-corrected chi connectivity index (χ3v) is 6.00. The standard InChI is InChI=1S/C21H28Cl2N4O4/c1-21(2,3)31-20(30)25-8-6-13(7-9-25)27-17-11-15(23)14(22)10-16(17)26(19(27)29)12-18(28)24(4)5/h10-11,13H,6-9,12H2,1-5H3. The number of hydrogen-bond acceptors (Lipinski definition) is 4. The Labute approximate surface area is 191 Å². The Balaban J connectivity index is 1.93. The second kappa shape index (κ2) is 8.74. The van der Waals surface area contributed by atoms with Crippen LogP contribution in [0.25, 0.3) is 11.0 Å². The summed E-state index contributed by atoms with van der Waals surface area (Å²) in [6.45, 7) is 6.33. The molecule has 2 amide bonds. The highest BCUT2D eigenvalue weighted by Gasteiger charge is 2.30. The number of carbonyl (C=O) groups excluding carboxylic acids is 2. The van der Waals surface area contributed by atoms with Crippen molar-refractivity contribution in [1.82, 2.24) is 18.9 Å². The second-order valence-corrected chi connectivity index (χ2v) is 9.79. The first-order chi connectivity index (χ1) is 14.4. The highest BCUT2D eigenvalue weighted by molar-refractivity contribution is 6.42. The predicted octanol–water partition coefficient (Wildman–Crippen LogP) is 3.77. The van der Waals surface area contributed by atoms with E-state index in [1.165, 1.54) is 9.47 Å². The Hall–Kier alpha value is -2.19. The van der Waals surface area contributed by atoms with E-state index in [1.54, 1.807) is 35.7 Å². The fourth-order valence-electron chi connectivity index (χ4n) is 3.69. The van der Waals surface area contributed by atoms with E-state index in [9.17, 15) is 14.4 Å². The predicted molar refractivity (Wildman–Crippen MR) is 121 cm³/mol. The van der Waals surface area contributed by atoms with Gasteiger partial charge >= 0.3 is 11.8 Å². The molecule has 10 heteroatoms. The van der Waals surface area contributed by atoms with Gasteiger partial charge in [-0.3, -0.25) is 13.9 Å². The second-order valence-electron chi connectivity index (χ2n) is 8.98. The van der Waals surface area contributed by atoms with Gasteiger partial charge in [0.25, 0.3) is 0 Å². The van der Waals surface area contributed by atoms with Crippen LogP contribution >= 0.6 is 23.2 Å². The van der Waals surface area contributed by atoms with Crippen LogP contribution < -0.4 is 5.69 Å². The summed E-state index contributed by atoms with van der Waals surface area (Å²) in [5, 5.41) is 0.655. The normalized spacial score (nSPS) is 15.4. The Morgan fingerprint density at radius 2 is 1.65 bits per heavy atom. The van der Waals surface area contributed by atoms with E-state index in [-0.39, 0.29) is 30.3 Å². The van der Waals surface area contributed by atoms with E-state index < -0.39 is 5.60 Å². The number of likely N-dealkylation sites (N-methyl/N-ethyl adjacent to an activating group) is 1. The summed E-state index contributed by atoms with van der Waals surface area (Å²) in [5.74, 6) is -0.202. The number of imidazole rings is 1. The minimum Gasteiger partial charge on any atom is -0.444 e. The minimum atomic E-state index is -0.562. The van der Waals surface area contributed by atoms with Gasteiger partial charge in [-0.2, -0.15) is 0 Å². The van der Waals surface area contributed by atoms with Crippen molar-refractivity contribution in [3.05, 3.63) is 32.7 Å². The minimum absolute atomic E-state index is 0.0932. The Bertz CT molecular complexity index is 1060. The van der Waals surface area contributed by atoms with Crippen LogP contribution in [0.1, 0.15) is 39.7 Å². The van der Waals surface area contributed by atoms with Crippen molar-refractivity contribution >= 4 is 46.2 Å². The maximum absolute atomic E-state index is 13.3. The number of piperidine rings is 1. The smallest absolute Gasteiger partial charge is 0.410 e. The van der Waals surface area contributed by atoms with Crippen LogP contribution in [-0.2, 0) is 16.1 Å². The molecule has 1 fully saturated rings. The number of fused-ring (bicyclic) bond motifs is 1. The molecule has 8 nitrogen and oxygen atoms in total. The lowest BCUT2D eigenvalue weighted by Gasteiger charge is -2.33. The van der Waals surface area contributed by atoms with Gasteiger partial charge in [0.1, 0.15) is 12.1 Å². The van der Waals surface area contributed by atoms with E-state index in [0.717, 1.165) is 0 Å². The lowest BCUT2D eigenvalue weighted by atomic mass is 10.0. The molecule has 0 atom stereocenters. The van der Waals surface area contributed by atoms with Crippen LogP contribution in [0.3, 0.4) is 0 Å². The number of hydrogen-bond donors (Lipinski definition) is 0. The van der Waals surface area contributed by atoms with E-state index in [4.69, 9.17) is 27.9 Å². The molecule has 0 spiro atoms. The summed E-state index contributed by atoms with van der Waals surface area (Å²) >= 11 is 12.4. The first-order valence-electron chi connectivity index (χ1n) is 10.2. The first-order valence-corrected chi connectivity index (χ1v) is 10.9. The molecule has 2 aromatic rings. The van der Waals surface area contributed by atoms with Gasteiger partial charge in [0.15, 0.2) is 0 Å². The highest BCUT2D eigenvalue weighted by atomic mass is 35.5. The number of amides is 2. The van der Waals surface area contributed by atoms with Gasteiger partial charge < -0.3 is 14.5 Å². The van der Waals surface area contributed by atoms with Crippen LogP contribution in [0.2, 0.25) is 10.0 Å².